The lowest BCUT2D eigenvalue weighted by molar-refractivity contribution is -0.123. The summed E-state index contributed by atoms with van der Waals surface area (Å²) in [5, 5.41) is 6.63. The second-order valence-corrected chi connectivity index (χ2v) is 9.53. The lowest BCUT2D eigenvalue weighted by atomic mass is 9.55. The van der Waals surface area contributed by atoms with Crippen LogP contribution in [0.25, 0.3) is 10.4 Å². The molecule has 0 unspecified atom stereocenters. The Morgan fingerprint density at radius 3 is 2.39 bits per heavy atom. The molecule has 10 heteroatoms. The van der Waals surface area contributed by atoms with E-state index in [2.05, 4.69) is 20.3 Å². The molecule has 3 amide bonds. The molecule has 3 aromatic rings. The number of nitrogens with zero attached hydrogens (tertiary/aromatic N) is 5. The number of anilines is 1. The van der Waals surface area contributed by atoms with Crippen LogP contribution in [0.2, 0.25) is 0 Å². The molecule has 3 aromatic carbocycles. The van der Waals surface area contributed by atoms with Gasteiger partial charge in [-0.1, -0.05) is 41.5 Å². The Bertz CT molecular complexity index is 1580. The molecule has 0 spiro atoms. The molecule has 2 atom stereocenters. The van der Waals surface area contributed by atoms with Gasteiger partial charge in [0.05, 0.1) is 27.6 Å². The van der Waals surface area contributed by atoms with Crippen LogP contribution in [-0.2, 0) is 15.6 Å². The van der Waals surface area contributed by atoms with Crippen molar-refractivity contribution in [1.29, 1.82) is 0 Å². The summed E-state index contributed by atoms with van der Waals surface area (Å²) in [7, 11) is 0. The first-order valence-corrected chi connectivity index (χ1v) is 12.2. The number of azide groups is 1. The van der Waals surface area contributed by atoms with Crippen LogP contribution in [-0.4, -0.2) is 41.9 Å². The maximum absolute atomic E-state index is 15.6. The van der Waals surface area contributed by atoms with Gasteiger partial charge in [0.1, 0.15) is 5.82 Å². The van der Waals surface area contributed by atoms with Crippen molar-refractivity contribution < 1.29 is 18.8 Å². The van der Waals surface area contributed by atoms with Gasteiger partial charge < -0.3 is 5.32 Å². The zero-order valence-electron chi connectivity index (χ0n) is 20.1. The van der Waals surface area contributed by atoms with Crippen molar-refractivity contribution in [3.8, 4) is 0 Å². The van der Waals surface area contributed by atoms with Crippen molar-refractivity contribution in [3.63, 3.8) is 0 Å². The minimum Gasteiger partial charge on any atom is -0.325 e. The van der Waals surface area contributed by atoms with E-state index in [9.17, 15) is 14.4 Å². The minimum atomic E-state index is -1.46. The summed E-state index contributed by atoms with van der Waals surface area (Å²) in [6, 6.07) is 18.2. The average molecular weight is 509 g/mol. The summed E-state index contributed by atoms with van der Waals surface area (Å²) in [5.74, 6) is -1.83. The monoisotopic (exact) mass is 508 g/mol. The maximum atomic E-state index is 15.6. The summed E-state index contributed by atoms with van der Waals surface area (Å²) in [4.78, 5) is 48.9. The predicted molar refractivity (Wildman–Crippen MR) is 138 cm³/mol. The molecule has 0 saturated carbocycles. The summed E-state index contributed by atoms with van der Waals surface area (Å²) in [6.07, 6.45) is 1.65. The number of fused-ring (bicyclic) bond motifs is 3. The summed E-state index contributed by atoms with van der Waals surface area (Å²) < 4.78 is 15.6. The van der Waals surface area contributed by atoms with E-state index in [0.29, 0.717) is 28.1 Å². The molecule has 3 aliphatic rings. The van der Waals surface area contributed by atoms with Crippen LogP contribution in [0.1, 0.15) is 44.7 Å². The van der Waals surface area contributed by atoms with E-state index in [1.165, 1.54) is 6.07 Å². The van der Waals surface area contributed by atoms with E-state index in [-0.39, 0.29) is 31.5 Å². The van der Waals surface area contributed by atoms with Gasteiger partial charge in [-0.25, -0.2) is 4.39 Å². The molecule has 0 saturated heterocycles. The van der Waals surface area contributed by atoms with Crippen LogP contribution < -0.4 is 5.32 Å². The molecule has 0 bridgehead atoms. The third-order valence-electron chi connectivity index (χ3n) is 7.90. The van der Waals surface area contributed by atoms with Crippen LogP contribution in [0.3, 0.4) is 0 Å². The summed E-state index contributed by atoms with van der Waals surface area (Å²) in [5.41, 5.74) is 8.56. The first-order valence-electron chi connectivity index (χ1n) is 12.2. The maximum Gasteiger partial charge on any atom is 0.261 e. The lowest BCUT2D eigenvalue weighted by Gasteiger charge is -2.44. The summed E-state index contributed by atoms with van der Waals surface area (Å²) in [6.45, 7) is -0.116. The minimum absolute atomic E-state index is 0.00260. The Morgan fingerprint density at radius 2 is 1.66 bits per heavy atom. The van der Waals surface area contributed by atoms with E-state index in [0.717, 1.165) is 4.90 Å². The largest absolute Gasteiger partial charge is 0.325 e. The fraction of sp³-hybridized carbons (Fsp3) is 0.214. The van der Waals surface area contributed by atoms with Gasteiger partial charge >= 0.3 is 0 Å². The highest BCUT2D eigenvalue weighted by Crippen LogP contribution is 2.58. The zero-order chi connectivity index (χ0) is 26.5. The van der Waals surface area contributed by atoms with E-state index >= 15 is 4.39 Å². The van der Waals surface area contributed by atoms with Gasteiger partial charge in [0.25, 0.3) is 11.8 Å². The van der Waals surface area contributed by atoms with Crippen LogP contribution >= 0.6 is 0 Å². The van der Waals surface area contributed by atoms with Gasteiger partial charge in [-0.2, -0.15) is 0 Å². The molecule has 0 radical (unpaired) electrons. The molecule has 1 N–H and O–H groups in total. The second-order valence-electron chi connectivity index (χ2n) is 9.53. The number of hydrogen-bond donors (Lipinski definition) is 1. The van der Waals surface area contributed by atoms with Crippen LogP contribution in [0, 0.1) is 5.82 Å². The number of rotatable bonds is 7. The lowest BCUT2D eigenvalue weighted by Crippen LogP contribution is -2.56. The van der Waals surface area contributed by atoms with Crippen LogP contribution in [0.15, 0.2) is 76.8 Å². The Morgan fingerprint density at radius 1 is 0.947 bits per heavy atom. The van der Waals surface area contributed by atoms with Gasteiger partial charge in [0, 0.05) is 35.5 Å². The number of halogens is 1. The van der Waals surface area contributed by atoms with Gasteiger partial charge in [-0.05, 0) is 54.3 Å². The van der Waals surface area contributed by atoms with Crippen molar-refractivity contribution in [2.75, 3.05) is 18.4 Å². The molecule has 3 aliphatic heterocycles. The van der Waals surface area contributed by atoms with Crippen molar-refractivity contribution in [2.24, 2.45) is 10.1 Å². The third-order valence-corrected chi connectivity index (χ3v) is 7.90. The number of amides is 3. The predicted octanol–water partition coefficient (Wildman–Crippen LogP) is 5.06. The zero-order valence-corrected chi connectivity index (χ0v) is 20.1. The van der Waals surface area contributed by atoms with E-state index in [1.54, 1.807) is 66.9 Å². The fourth-order valence-electron chi connectivity index (χ4n) is 6.26. The number of hydrogen-bond acceptors (Lipinski definition) is 5. The molecule has 9 nitrogen and oxygen atoms in total. The van der Waals surface area contributed by atoms with E-state index in [4.69, 9.17) is 5.53 Å². The average Bonchev–Trinajstić information content (AvgIpc) is 3.53. The highest BCUT2D eigenvalue weighted by Gasteiger charge is 2.63. The topological polar surface area (TPSA) is 128 Å². The molecule has 188 valence electrons. The highest BCUT2D eigenvalue weighted by atomic mass is 19.1. The molecular formula is C28H21FN6O3. The molecule has 6 rings (SSSR count). The van der Waals surface area contributed by atoms with Gasteiger partial charge in [0.2, 0.25) is 5.91 Å². The number of carbonyl (C=O) groups excluding carboxylic acids is 3. The quantitative estimate of drug-likeness (QED) is 0.207. The first kappa shape index (κ1) is 23.6. The van der Waals surface area contributed by atoms with Gasteiger partial charge in [-0.15, -0.1) is 0 Å². The Kier molecular flexibility index (Phi) is 5.36. The SMILES string of the molecule is [N-]=[N+]=NCC[C@]1([C@]2(CCN3C(=O)c4ccccc4C3=O)C(=O)Nc3ccccc32)C=Nc2cccc(F)c21. The van der Waals surface area contributed by atoms with Crippen LogP contribution in [0.4, 0.5) is 15.8 Å². The molecule has 38 heavy (non-hydrogen) atoms. The fourth-order valence-corrected chi connectivity index (χ4v) is 6.26. The molecule has 3 heterocycles. The molecule has 0 fully saturated rings. The number of aliphatic imine (C=N–C) groups is 1. The Labute approximate surface area is 216 Å². The van der Waals surface area contributed by atoms with Crippen molar-refractivity contribution in [1.82, 2.24) is 4.90 Å². The smallest absolute Gasteiger partial charge is 0.261 e. The van der Waals surface area contributed by atoms with Gasteiger partial charge in [0.15, 0.2) is 0 Å². The second kappa shape index (κ2) is 8.64. The van der Waals surface area contributed by atoms with Crippen LogP contribution in [0.5, 0.6) is 0 Å². The number of benzene rings is 3. The Balaban J connectivity index is 1.53. The standard InChI is InChI=1S/C28H21FN6O3/c29-20-9-5-11-22-23(20)27(16-31-22,12-14-32-34-30)28(19-8-3-4-10-21(19)33-26(28)38)13-15-35-24(36)17-6-1-2-7-18(17)25(35)37/h1-11,16H,12-15H2,(H,33,38)/t27-,28-/m0/s1. The molecule has 0 aromatic heterocycles. The highest BCUT2D eigenvalue weighted by molar-refractivity contribution is 6.21. The summed E-state index contributed by atoms with van der Waals surface area (Å²) >= 11 is 0. The van der Waals surface area contributed by atoms with Crippen molar-refractivity contribution >= 4 is 35.3 Å². The molecule has 0 aliphatic carbocycles. The number of imide groups is 1. The van der Waals surface area contributed by atoms with E-state index < -0.39 is 34.4 Å². The first-order chi connectivity index (χ1) is 18.4. The van der Waals surface area contributed by atoms with Gasteiger partial charge in [-0.3, -0.25) is 24.3 Å². The number of para-hydroxylation sites is 1. The third kappa shape index (κ3) is 3.07. The molecular weight excluding hydrogens is 487 g/mol. The van der Waals surface area contributed by atoms with Crippen molar-refractivity contribution in [3.05, 3.63) is 105 Å². The number of nitrogens with one attached hydrogen (secondary N) is 1. The normalized spacial score (nSPS) is 22.7. The number of carbonyl (C=O) groups is 3. The Hall–Kier alpha value is -4.82. The van der Waals surface area contributed by atoms with Crippen molar-refractivity contribution in [2.45, 2.75) is 23.7 Å². The van der Waals surface area contributed by atoms with E-state index in [1.807, 2.05) is 0 Å².